The Hall–Kier alpha value is -3.28. The number of benzene rings is 3. The zero-order valence-corrected chi connectivity index (χ0v) is 16.7. The average molecular weight is 403 g/mol. The highest BCUT2D eigenvalue weighted by molar-refractivity contribution is 6.12. The number of hydrogen-bond donors (Lipinski definition) is 2. The topological polar surface area (TPSA) is 89.6 Å². The first-order valence-corrected chi connectivity index (χ1v) is 9.94. The van der Waals surface area contributed by atoms with E-state index in [0.717, 1.165) is 19.3 Å². The van der Waals surface area contributed by atoms with Crippen molar-refractivity contribution >= 4 is 11.6 Å². The summed E-state index contributed by atoms with van der Waals surface area (Å²) >= 11 is 0. The Morgan fingerprint density at radius 3 is 2.33 bits per heavy atom. The first kappa shape index (κ1) is 21.4. The van der Waals surface area contributed by atoms with Gasteiger partial charge in [-0.05, 0) is 43.0 Å². The second-order valence-electron chi connectivity index (χ2n) is 7.01. The van der Waals surface area contributed by atoms with Crippen LogP contribution in [0.3, 0.4) is 0 Å². The number of carbonyl (C=O) groups excluding carboxylic acids is 2. The molecule has 0 fully saturated rings. The van der Waals surface area contributed by atoms with E-state index in [1.54, 1.807) is 30.3 Å². The molecule has 0 saturated heterocycles. The number of nitrogens with two attached hydrogens (primary N) is 1. The molecule has 0 bridgehead atoms. The molecular formula is C25H25NO4. The Kier molecular flexibility index (Phi) is 7.49. The molecule has 0 amide bonds. The van der Waals surface area contributed by atoms with Gasteiger partial charge in [-0.25, -0.2) is 0 Å². The molecule has 5 nitrogen and oxygen atoms in total. The van der Waals surface area contributed by atoms with Crippen LogP contribution in [0.1, 0.15) is 44.7 Å². The number of carbonyl (C=O) groups is 2. The third-order valence-electron chi connectivity index (χ3n) is 4.77. The monoisotopic (exact) mass is 403 g/mol. The quantitative estimate of drug-likeness (QED) is 0.305. The smallest absolute Gasteiger partial charge is 0.205 e. The maximum atomic E-state index is 13.0. The van der Waals surface area contributed by atoms with E-state index in [9.17, 15) is 14.7 Å². The minimum Gasteiger partial charge on any atom is -0.493 e. The lowest BCUT2D eigenvalue weighted by atomic mass is 9.99. The van der Waals surface area contributed by atoms with Crippen LogP contribution in [0.2, 0.25) is 0 Å². The Balaban J connectivity index is 1.64. The fourth-order valence-electron chi connectivity index (χ4n) is 3.18. The van der Waals surface area contributed by atoms with Crippen molar-refractivity contribution in [3.05, 3.63) is 101 Å². The minimum atomic E-state index is -1.61. The second kappa shape index (κ2) is 10.5. The molecule has 1 atom stereocenters. The summed E-state index contributed by atoms with van der Waals surface area (Å²) in [7, 11) is 0. The fourth-order valence-corrected chi connectivity index (χ4v) is 3.18. The zero-order chi connectivity index (χ0) is 21.3. The van der Waals surface area contributed by atoms with Crippen molar-refractivity contribution in [2.45, 2.75) is 25.5 Å². The highest BCUT2D eigenvalue weighted by Crippen LogP contribution is 2.23. The van der Waals surface area contributed by atoms with Gasteiger partial charge in [-0.3, -0.25) is 15.3 Å². The lowest BCUT2D eigenvalue weighted by Gasteiger charge is -2.12. The molecule has 3 aromatic carbocycles. The van der Waals surface area contributed by atoms with Crippen molar-refractivity contribution in [1.82, 2.24) is 0 Å². The molecule has 30 heavy (non-hydrogen) atoms. The molecule has 154 valence electrons. The number of aliphatic hydroxyl groups excluding tert-OH is 1. The summed E-state index contributed by atoms with van der Waals surface area (Å²) in [5.74, 6) is -0.374. The van der Waals surface area contributed by atoms with Crippen LogP contribution in [0.5, 0.6) is 5.75 Å². The molecule has 0 heterocycles. The number of rotatable bonds is 10. The van der Waals surface area contributed by atoms with Crippen molar-refractivity contribution in [3.8, 4) is 5.75 Å². The van der Waals surface area contributed by atoms with Crippen LogP contribution in [0, 0.1) is 0 Å². The Morgan fingerprint density at radius 2 is 1.57 bits per heavy atom. The third kappa shape index (κ3) is 5.63. The number of aryl methyl sites for hydroxylation is 1. The summed E-state index contributed by atoms with van der Waals surface area (Å²) in [5, 5.41) is 9.30. The summed E-state index contributed by atoms with van der Waals surface area (Å²) in [4.78, 5) is 24.9. The second-order valence-corrected chi connectivity index (χ2v) is 7.01. The largest absolute Gasteiger partial charge is 0.493 e. The van der Waals surface area contributed by atoms with E-state index < -0.39 is 12.0 Å². The normalized spacial score (nSPS) is 11.7. The SMILES string of the molecule is NC(O)C(=O)c1cccc(C(=O)c2ccccc2OCCCCc2ccccc2)c1. The van der Waals surface area contributed by atoms with Crippen molar-refractivity contribution in [3.63, 3.8) is 0 Å². The molecule has 0 spiro atoms. The molecule has 0 radical (unpaired) electrons. The predicted molar refractivity (Wildman–Crippen MR) is 116 cm³/mol. The number of hydrogen-bond acceptors (Lipinski definition) is 5. The van der Waals surface area contributed by atoms with E-state index in [1.807, 2.05) is 24.3 Å². The van der Waals surface area contributed by atoms with Gasteiger partial charge >= 0.3 is 0 Å². The summed E-state index contributed by atoms with van der Waals surface area (Å²) < 4.78 is 5.89. The Morgan fingerprint density at radius 1 is 0.867 bits per heavy atom. The van der Waals surface area contributed by atoms with Crippen LogP contribution in [0.15, 0.2) is 78.9 Å². The average Bonchev–Trinajstić information content (AvgIpc) is 2.79. The molecule has 0 aliphatic carbocycles. The highest BCUT2D eigenvalue weighted by atomic mass is 16.5. The maximum absolute atomic E-state index is 13.0. The van der Waals surface area contributed by atoms with Crippen LogP contribution >= 0.6 is 0 Å². The van der Waals surface area contributed by atoms with Crippen LogP contribution in [0.25, 0.3) is 0 Å². The lowest BCUT2D eigenvalue weighted by Crippen LogP contribution is -2.29. The standard InChI is InChI=1S/C25H25NO4/c26-25(29)24(28)20-13-8-12-19(17-20)23(27)21-14-4-5-15-22(21)30-16-7-6-11-18-9-2-1-3-10-18/h1-5,8-10,12-15,17,25,29H,6-7,11,16,26H2. The number of para-hydroxylation sites is 1. The summed E-state index contributed by atoms with van der Waals surface area (Å²) in [6.45, 7) is 0.509. The lowest BCUT2D eigenvalue weighted by molar-refractivity contribution is 0.0759. The summed E-state index contributed by atoms with van der Waals surface area (Å²) in [5.41, 5.74) is 7.50. The van der Waals surface area contributed by atoms with Crippen LogP contribution in [-0.4, -0.2) is 29.5 Å². The molecule has 0 aliphatic rings. The molecule has 3 aromatic rings. The van der Waals surface area contributed by atoms with E-state index in [1.165, 1.54) is 17.7 Å². The van der Waals surface area contributed by atoms with Gasteiger partial charge in [-0.15, -0.1) is 0 Å². The molecule has 5 heteroatoms. The minimum absolute atomic E-state index is 0.190. The van der Waals surface area contributed by atoms with Gasteiger partial charge in [-0.2, -0.15) is 0 Å². The van der Waals surface area contributed by atoms with Gasteiger partial charge in [0.1, 0.15) is 5.75 Å². The molecular weight excluding hydrogens is 378 g/mol. The number of ether oxygens (including phenoxy) is 1. The number of unbranched alkanes of at least 4 members (excludes halogenated alkanes) is 1. The number of Topliss-reactive ketones (excluding diaryl/α,β-unsaturated/α-hetero) is 1. The van der Waals surface area contributed by atoms with E-state index in [2.05, 4.69) is 12.1 Å². The van der Waals surface area contributed by atoms with Crippen molar-refractivity contribution in [2.75, 3.05) is 6.61 Å². The van der Waals surface area contributed by atoms with Gasteiger partial charge in [0, 0.05) is 11.1 Å². The highest BCUT2D eigenvalue weighted by Gasteiger charge is 2.18. The first-order valence-electron chi connectivity index (χ1n) is 9.94. The van der Waals surface area contributed by atoms with E-state index in [4.69, 9.17) is 10.5 Å². The van der Waals surface area contributed by atoms with Gasteiger partial charge in [-0.1, -0.05) is 60.7 Å². The van der Waals surface area contributed by atoms with Crippen LogP contribution in [0.4, 0.5) is 0 Å². The van der Waals surface area contributed by atoms with Crippen molar-refractivity contribution in [2.24, 2.45) is 5.73 Å². The van der Waals surface area contributed by atoms with E-state index >= 15 is 0 Å². The Bertz CT molecular complexity index is 999. The van der Waals surface area contributed by atoms with Gasteiger partial charge < -0.3 is 9.84 Å². The molecule has 0 aromatic heterocycles. The molecule has 3 rings (SSSR count). The summed E-state index contributed by atoms with van der Waals surface area (Å²) in [6, 6.07) is 23.5. The van der Waals surface area contributed by atoms with Crippen LogP contribution < -0.4 is 10.5 Å². The number of aliphatic hydroxyl groups is 1. The first-order chi connectivity index (χ1) is 14.6. The van der Waals surface area contributed by atoms with Gasteiger partial charge in [0.05, 0.1) is 12.2 Å². The molecule has 1 unspecified atom stereocenters. The Labute approximate surface area is 176 Å². The van der Waals surface area contributed by atoms with Crippen molar-refractivity contribution in [1.29, 1.82) is 0 Å². The molecule has 3 N–H and O–H groups in total. The third-order valence-corrected chi connectivity index (χ3v) is 4.77. The molecule has 0 aliphatic heterocycles. The zero-order valence-electron chi connectivity index (χ0n) is 16.7. The van der Waals surface area contributed by atoms with Crippen LogP contribution in [-0.2, 0) is 6.42 Å². The van der Waals surface area contributed by atoms with E-state index in [0.29, 0.717) is 23.5 Å². The summed E-state index contributed by atoms with van der Waals surface area (Å²) in [6.07, 6.45) is 1.24. The van der Waals surface area contributed by atoms with Crippen molar-refractivity contribution < 1.29 is 19.4 Å². The number of ketones is 2. The van der Waals surface area contributed by atoms with Gasteiger partial charge in [0.2, 0.25) is 5.78 Å². The van der Waals surface area contributed by atoms with E-state index in [-0.39, 0.29) is 11.3 Å². The fraction of sp³-hybridized carbons (Fsp3) is 0.200. The van der Waals surface area contributed by atoms with Gasteiger partial charge in [0.15, 0.2) is 12.0 Å². The van der Waals surface area contributed by atoms with Gasteiger partial charge in [0.25, 0.3) is 0 Å². The predicted octanol–water partition coefficient (Wildman–Crippen LogP) is 3.78. The maximum Gasteiger partial charge on any atom is 0.205 e. The molecule has 0 saturated carbocycles.